The molecule has 0 N–H and O–H groups in total. The van der Waals surface area contributed by atoms with Gasteiger partial charge in [-0.05, 0) is 36.4 Å². The molecule has 0 atom stereocenters. The molecular formula is C20H17NO2. The van der Waals surface area contributed by atoms with Crippen molar-refractivity contribution in [1.29, 1.82) is 0 Å². The van der Waals surface area contributed by atoms with Crippen molar-refractivity contribution >= 4 is 17.3 Å². The van der Waals surface area contributed by atoms with Crippen LogP contribution < -0.4 is 9.64 Å². The molecule has 0 saturated heterocycles. The zero-order chi connectivity index (χ0) is 16.1. The molecule has 0 bridgehead atoms. The quantitative estimate of drug-likeness (QED) is 0.700. The lowest BCUT2D eigenvalue weighted by Crippen LogP contribution is -2.26. The van der Waals surface area contributed by atoms with E-state index in [0.717, 1.165) is 11.4 Å². The van der Waals surface area contributed by atoms with Crippen molar-refractivity contribution in [2.24, 2.45) is 0 Å². The Morgan fingerprint density at radius 1 is 0.739 bits per heavy atom. The van der Waals surface area contributed by atoms with Gasteiger partial charge in [-0.15, -0.1) is 0 Å². The van der Waals surface area contributed by atoms with Crippen LogP contribution in [-0.2, 0) is 0 Å². The number of amides is 1. The van der Waals surface area contributed by atoms with Crippen LogP contribution in [0.25, 0.3) is 0 Å². The monoisotopic (exact) mass is 303 g/mol. The molecule has 3 aromatic carbocycles. The van der Waals surface area contributed by atoms with Crippen molar-refractivity contribution in [2.75, 3.05) is 12.0 Å². The number of carbonyl (C=O) groups is 1. The first-order valence-electron chi connectivity index (χ1n) is 7.39. The molecular weight excluding hydrogens is 286 g/mol. The van der Waals surface area contributed by atoms with Gasteiger partial charge < -0.3 is 4.74 Å². The topological polar surface area (TPSA) is 29.5 Å². The Bertz CT molecular complexity index is 746. The Hall–Kier alpha value is -3.07. The Kier molecular flexibility index (Phi) is 4.39. The van der Waals surface area contributed by atoms with Crippen molar-refractivity contribution in [3.8, 4) is 5.75 Å². The van der Waals surface area contributed by atoms with E-state index in [4.69, 9.17) is 4.74 Å². The number of hydrogen-bond acceptors (Lipinski definition) is 2. The summed E-state index contributed by atoms with van der Waals surface area (Å²) in [6.45, 7) is 0. The molecule has 0 spiro atoms. The number of hydrogen-bond donors (Lipinski definition) is 0. The van der Waals surface area contributed by atoms with Crippen LogP contribution in [0.5, 0.6) is 5.75 Å². The summed E-state index contributed by atoms with van der Waals surface area (Å²) >= 11 is 0. The summed E-state index contributed by atoms with van der Waals surface area (Å²) in [4.78, 5) is 14.9. The van der Waals surface area contributed by atoms with E-state index in [1.165, 1.54) is 0 Å². The molecule has 3 aromatic rings. The summed E-state index contributed by atoms with van der Waals surface area (Å²) in [5, 5.41) is 0. The lowest BCUT2D eigenvalue weighted by Gasteiger charge is -2.24. The third-order valence-corrected chi connectivity index (χ3v) is 3.57. The van der Waals surface area contributed by atoms with Gasteiger partial charge in [0.1, 0.15) is 5.75 Å². The highest BCUT2D eigenvalue weighted by Gasteiger charge is 2.22. The molecule has 0 radical (unpaired) electrons. The van der Waals surface area contributed by atoms with Crippen molar-refractivity contribution < 1.29 is 9.53 Å². The maximum atomic E-state index is 13.2. The smallest absolute Gasteiger partial charge is 0.266 e. The van der Waals surface area contributed by atoms with E-state index in [0.29, 0.717) is 11.3 Å². The van der Waals surface area contributed by atoms with Gasteiger partial charge in [-0.3, -0.25) is 9.69 Å². The second-order valence-corrected chi connectivity index (χ2v) is 5.01. The second kappa shape index (κ2) is 6.79. The SMILES string of the molecule is COc1ccccc1C(=O)N(c1ccccc1)c1ccccc1. The fourth-order valence-corrected chi connectivity index (χ4v) is 2.48. The third kappa shape index (κ3) is 3.09. The molecule has 0 aliphatic heterocycles. The summed E-state index contributed by atoms with van der Waals surface area (Å²) in [6.07, 6.45) is 0. The summed E-state index contributed by atoms with van der Waals surface area (Å²) in [7, 11) is 1.57. The second-order valence-electron chi connectivity index (χ2n) is 5.01. The van der Waals surface area contributed by atoms with E-state index >= 15 is 0 Å². The first kappa shape index (κ1) is 14.9. The standard InChI is InChI=1S/C20H17NO2/c1-23-19-15-9-8-14-18(19)20(22)21(16-10-4-2-5-11-16)17-12-6-3-7-13-17/h2-15H,1H3. The Balaban J connectivity index is 2.11. The van der Waals surface area contributed by atoms with Crippen LogP contribution in [0, 0.1) is 0 Å². The molecule has 3 nitrogen and oxygen atoms in total. The molecule has 0 aliphatic rings. The van der Waals surface area contributed by atoms with Crippen molar-refractivity contribution in [1.82, 2.24) is 0 Å². The van der Waals surface area contributed by atoms with Crippen LogP contribution in [0.2, 0.25) is 0 Å². The molecule has 1 amide bonds. The maximum Gasteiger partial charge on any atom is 0.266 e. The number of carbonyl (C=O) groups excluding carboxylic acids is 1. The van der Waals surface area contributed by atoms with Crippen LogP contribution in [0.4, 0.5) is 11.4 Å². The highest BCUT2D eigenvalue weighted by Crippen LogP contribution is 2.29. The van der Waals surface area contributed by atoms with Crippen LogP contribution in [0.3, 0.4) is 0 Å². The van der Waals surface area contributed by atoms with Gasteiger partial charge in [0.25, 0.3) is 5.91 Å². The minimum absolute atomic E-state index is 0.125. The van der Waals surface area contributed by atoms with Crippen LogP contribution in [0.15, 0.2) is 84.9 Å². The number of nitrogens with zero attached hydrogens (tertiary/aromatic N) is 1. The minimum Gasteiger partial charge on any atom is -0.496 e. The van der Waals surface area contributed by atoms with E-state index in [1.54, 1.807) is 24.1 Å². The predicted octanol–water partition coefficient (Wildman–Crippen LogP) is 4.67. The summed E-state index contributed by atoms with van der Waals surface area (Å²) in [5.74, 6) is 0.439. The Morgan fingerprint density at radius 2 is 1.22 bits per heavy atom. The molecule has 0 saturated carbocycles. The highest BCUT2D eigenvalue weighted by atomic mass is 16.5. The molecule has 23 heavy (non-hydrogen) atoms. The molecule has 3 heteroatoms. The Labute approximate surface area is 135 Å². The number of methoxy groups -OCH3 is 1. The maximum absolute atomic E-state index is 13.2. The molecule has 0 aliphatic carbocycles. The number of ether oxygens (including phenoxy) is 1. The average molecular weight is 303 g/mol. The van der Waals surface area contributed by atoms with Crippen LogP contribution >= 0.6 is 0 Å². The molecule has 0 unspecified atom stereocenters. The van der Waals surface area contributed by atoms with E-state index in [2.05, 4.69) is 0 Å². The average Bonchev–Trinajstić information content (AvgIpc) is 2.63. The van der Waals surface area contributed by atoms with Gasteiger partial charge in [0, 0.05) is 11.4 Å². The van der Waals surface area contributed by atoms with Crippen molar-refractivity contribution in [3.63, 3.8) is 0 Å². The lowest BCUT2D eigenvalue weighted by molar-refractivity contribution is 0.0996. The van der Waals surface area contributed by atoms with E-state index in [-0.39, 0.29) is 5.91 Å². The summed E-state index contributed by atoms with van der Waals surface area (Å²) in [5.41, 5.74) is 2.16. The molecule has 3 rings (SSSR count). The van der Waals surface area contributed by atoms with Gasteiger partial charge in [0.15, 0.2) is 0 Å². The van der Waals surface area contributed by atoms with Gasteiger partial charge in [0.2, 0.25) is 0 Å². The number of benzene rings is 3. The summed E-state index contributed by atoms with van der Waals surface area (Å²) < 4.78 is 5.34. The fraction of sp³-hybridized carbons (Fsp3) is 0.0500. The number of rotatable bonds is 4. The normalized spacial score (nSPS) is 10.1. The van der Waals surface area contributed by atoms with E-state index in [9.17, 15) is 4.79 Å². The zero-order valence-electron chi connectivity index (χ0n) is 12.8. The molecule has 0 aromatic heterocycles. The first-order chi connectivity index (χ1) is 11.3. The van der Waals surface area contributed by atoms with E-state index in [1.807, 2.05) is 72.8 Å². The van der Waals surface area contributed by atoms with Gasteiger partial charge in [0.05, 0.1) is 12.7 Å². The highest BCUT2D eigenvalue weighted by molar-refractivity contribution is 6.12. The summed E-state index contributed by atoms with van der Waals surface area (Å²) in [6, 6.07) is 26.5. The number of anilines is 2. The predicted molar refractivity (Wildman–Crippen MR) is 92.3 cm³/mol. The molecule has 0 heterocycles. The molecule has 0 fully saturated rings. The van der Waals surface area contributed by atoms with Crippen molar-refractivity contribution in [2.45, 2.75) is 0 Å². The third-order valence-electron chi connectivity index (χ3n) is 3.57. The van der Waals surface area contributed by atoms with E-state index < -0.39 is 0 Å². The van der Waals surface area contributed by atoms with Crippen LogP contribution in [0.1, 0.15) is 10.4 Å². The minimum atomic E-state index is -0.125. The zero-order valence-corrected chi connectivity index (χ0v) is 12.8. The van der Waals surface area contributed by atoms with Gasteiger partial charge in [-0.2, -0.15) is 0 Å². The first-order valence-corrected chi connectivity index (χ1v) is 7.39. The lowest BCUT2D eigenvalue weighted by atomic mass is 10.1. The van der Waals surface area contributed by atoms with Crippen LogP contribution in [-0.4, -0.2) is 13.0 Å². The largest absolute Gasteiger partial charge is 0.496 e. The van der Waals surface area contributed by atoms with Gasteiger partial charge >= 0.3 is 0 Å². The fourth-order valence-electron chi connectivity index (χ4n) is 2.48. The Morgan fingerprint density at radius 3 is 1.74 bits per heavy atom. The molecule has 114 valence electrons. The van der Waals surface area contributed by atoms with Gasteiger partial charge in [-0.25, -0.2) is 0 Å². The number of para-hydroxylation sites is 3. The van der Waals surface area contributed by atoms with Crippen molar-refractivity contribution in [3.05, 3.63) is 90.5 Å². The van der Waals surface area contributed by atoms with Gasteiger partial charge in [-0.1, -0.05) is 48.5 Å².